The van der Waals surface area contributed by atoms with Crippen LogP contribution in [0.25, 0.3) is 0 Å². The maximum absolute atomic E-state index is 13.8. The molecule has 206 valence electrons. The van der Waals surface area contributed by atoms with E-state index in [9.17, 15) is 34.5 Å². The van der Waals surface area contributed by atoms with Gasteiger partial charge in [-0.15, -0.1) is 0 Å². The van der Waals surface area contributed by atoms with Crippen molar-refractivity contribution < 1.29 is 34.5 Å². The average Bonchev–Trinajstić information content (AvgIpc) is 2.78. The summed E-state index contributed by atoms with van der Waals surface area (Å²) in [5, 5.41) is 37.7. The summed E-state index contributed by atoms with van der Waals surface area (Å²) in [7, 11) is 3.08. The number of carbonyl (C=O) groups excluding carboxylic acids is 4. The Kier molecular flexibility index (Phi) is 6.93. The summed E-state index contributed by atoms with van der Waals surface area (Å²) >= 11 is 0. The largest absolute Gasteiger partial charge is 0.507 e. The van der Waals surface area contributed by atoms with E-state index in [2.05, 4.69) is 26.1 Å². The van der Waals surface area contributed by atoms with Crippen molar-refractivity contribution in [2.24, 2.45) is 28.9 Å². The molecule has 7 atom stereocenters. The molecule has 0 spiro atoms. The number of aliphatic hydroxyl groups is 2. The van der Waals surface area contributed by atoms with E-state index in [0.29, 0.717) is 24.2 Å². The number of Topliss-reactive ketones (excluding diaryl/α,β-unsaturated/α-hetero) is 3. The Bertz CT molecular complexity index is 1250. The number of aromatic hydroxyl groups is 1. The summed E-state index contributed by atoms with van der Waals surface area (Å²) < 4.78 is 0. The molecule has 0 heterocycles. The summed E-state index contributed by atoms with van der Waals surface area (Å²) in [6.45, 7) is 9.00. The Labute approximate surface area is 221 Å². The second kappa shape index (κ2) is 9.37. The molecule has 6 N–H and O–H groups in total. The molecule has 1 aromatic rings. The third-order valence-corrected chi connectivity index (χ3v) is 8.18. The van der Waals surface area contributed by atoms with Crippen molar-refractivity contribution in [1.29, 1.82) is 0 Å². The molecule has 10 nitrogen and oxygen atoms in total. The standard InChI is InChI=1S/C28H37N3O7/c1-12-14-8-7-13(10-30-11-27(2,3)4)21(32)17(14)22(33)15-9-28(38)19(23(34)16(12)15)20(31(5)6)24(35)18(25(28)36)26(29)37/h7-9,12,16,18-20,23,30,32,34,38H,10-11H2,1-6H3,(H2,29,37)/t12-,16+,18?,19+,20-,23-,28+/m0/s1. The molecular weight excluding hydrogens is 490 g/mol. The fraction of sp³-hybridized carbons (Fsp3) is 0.571. The van der Waals surface area contributed by atoms with Crippen molar-refractivity contribution in [3.05, 3.63) is 40.5 Å². The SMILES string of the molecule is C[C@H]1c2ccc(CNCC(C)(C)C)c(O)c2C(=O)C2=C[C@]3(O)C(=O)C(C(N)=O)C(=O)[C@@H](N(C)C)[C@@H]3[C@@H](O)[C@@H]21. The molecule has 38 heavy (non-hydrogen) atoms. The highest BCUT2D eigenvalue weighted by atomic mass is 16.3. The number of ketones is 3. The van der Waals surface area contributed by atoms with Crippen LogP contribution in [0.5, 0.6) is 5.75 Å². The minimum Gasteiger partial charge on any atom is -0.507 e. The molecule has 1 saturated carbocycles. The molecular formula is C28H37N3O7. The van der Waals surface area contributed by atoms with E-state index in [0.717, 1.165) is 6.08 Å². The predicted molar refractivity (Wildman–Crippen MR) is 138 cm³/mol. The van der Waals surface area contributed by atoms with E-state index >= 15 is 0 Å². The van der Waals surface area contributed by atoms with Crippen LogP contribution in [0.1, 0.15) is 55.1 Å². The number of benzene rings is 1. The Hall–Kier alpha value is -2.92. The third-order valence-electron chi connectivity index (χ3n) is 8.18. The Morgan fingerprint density at radius 3 is 2.37 bits per heavy atom. The van der Waals surface area contributed by atoms with Crippen LogP contribution in [0.4, 0.5) is 0 Å². The number of likely N-dealkylation sites (N-methyl/N-ethyl adjacent to an activating group) is 1. The van der Waals surface area contributed by atoms with E-state index in [1.807, 2.05) is 0 Å². The van der Waals surface area contributed by atoms with Gasteiger partial charge in [-0.05, 0) is 37.1 Å². The van der Waals surface area contributed by atoms with E-state index in [-0.39, 0.29) is 22.3 Å². The van der Waals surface area contributed by atoms with Gasteiger partial charge in [-0.2, -0.15) is 0 Å². The maximum atomic E-state index is 13.8. The predicted octanol–water partition coefficient (Wildman–Crippen LogP) is 0.276. The van der Waals surface area contributed by atoms with E-state index in [4.69, 9.17) is 5.73 Å². The molecule has 3 aliphatic rings. The van der Waals surface area contributed by atoms with Gasteiger partial charge in [-0.1, -0.05) is 39.8 Å². The summed E-state index contributed by atoms with van der Waals surface area (Å²) in [6, 6.07) is 2.29. The molecule has 0 aliphatic heterocycles. The number of carbonyl (C=O) groups is 4. The van der Waals surface area contributed by atoms with Crippen molar-refractivity contribution in [1.82, 2.24) is 10.2 Å². The lowest BCUT2D eigenvalue weighted by molar-refractivity contribution is -0.174. The Morgan fingerprint density at radius 2 is 1.82 bits per heavy atom. The van der Waals surface area contributed by atoms with Crippen molar-refractivity contribution in [3.8, 4) is 5.75 Å². The molecule has 1 amide bonds. The molecule has 1 aromatic carbocycles. The molecule has 3 aliphatic carbocycles. The van der Waals surface area contributed by atoms with Crippen LogP contribution < -0.4 is 11.1 Å². The van der Waals surface area contributed by atoms with Gasteiger partial charge < -0.3 is 26.4 Å². The highest BCUT2D eigenvalue weighted by Crippen LogP contribution is 2.53. The van der Waals surface area contributed by atoms with Crippen LogP contribution >= 0.6 is 0 Å². The highest BCUT2D eigenvalue weighted by Gasteiger charge is 2.66. The fourth-order valence-corrected chi connectivity index (χ4v) is 6.42. The van der Waals surface area contributed by atoms with Crippen LogP contribution in [0.2, 0.25) is 0 Å². The molecule has 0 bridgehead atoms. The van der Waals surface area contributed by atoms with Gasteiger partial charge >= 0.3 is 0 Å². The minimum absolute atomic E-state index is 0.0114. The number of amides is 1. The molecule has 4 rings (SSSR count). The number of primary amides is 1. The van der Waals surface area contributed by atoms with Gasteiger partial charge in [0.2, 0.25) is 5.91 Å². The maximum Gasteiger partial charge on any atom is 0.235 e. The summed E-state index contributed by atoms with van der Waals surface area (Å²) in [5.41, 5.74) is 3.97. The van der Waals surface area contributed by atoms with Crippen molar-refractivity contribution >= 4 is 23.3 Å². The first-order chi connectivity index (χ1) is 17.5. The van der Waals surface area contributed by atoms with Crippen LogP contribution in [-0.4, -0.2) is 81.9 Å². The highest BCUT2D eigenvalue weighted by molar-refractivity contribution is 6.25. The van der Waals surface area contributed by atoms with E-state index < -0.39 is 64.7 Å². The molecule has 1 unspecified atom stereocenters. The van der Waals surface area contributed by atoms with Crippen LogP contribution in [0.15, 0.2) is 23.8 Å². The van der Waals surface area contributed by atoms with Crippen LogP contribution in [-0.2, 0) is 20.9 Å². The number of hydrogen-bond acceptors (Lipinski definition) is 9. The van der Waals surface area contributed by atoms with E-state index in [1.54, 1.807) is 33.2 Å². The van der Waals surface area contributed by atoms with E-state index in [1.165, 1.54) is 4.90 Å². The number of rotatable bonds is 5. The van der Waals surface area contributed by atoms with Crippen LogP contribution in [0.3, 0.4) is 0 Å². The van der Waals surface area contributed by atoms with Crippen molar-refractivity contribution in [3.63, 3.8) is 0 Å². The number of phenols is 1. The lowest BCUT2D eigenvalue weighted by Crippen LogP contribution is -2.71. The zero-order chi connectivity index (χ0) is 28.5. The molecule has 1 fully saturated rings. The Morgan fingerprint density at radius 1 is 1.18 bits per heavy atom. The van der Waals surface area contributed by atoms with Crippen molar-refractivity contribution in [2.45, 2.75) is 57.9 Å². The van der Waals surface area contributed by atoms with Gasteiger partial charge in [0.1, 0.15) is 11.4 Å². The van der Waals surface area contributed by atoms with Gasteiger partial charge in [0.05, 0.1) is 17.7 Å². The summed E-state index contributed by atoms with van der Waals surface area (Å²) in [5.74, 6) is -8.55. The lowest BCUT2D eigenvalue weighted by atomic mass is 9.54. The van der Waals surface area contributed by atoms with Gasteiger partial charge in [-0.3, -0.25) is 24.1 Å². The van der Waals surface area contributed by atoms with Gasteiger partial charge in [0, 0.05) is 36.1 Å². The first-order valence-electron chi connectivity index (χ1n) is 12.8. The van der Waals surface area contributed by atoms with Gasteiger partial charge in [0.15, 0.2) is 23.3 Å². The second-order valence-corrected chi connectivity index (χ2v) is 12.3. The average molecular weight is 528 g/mol. The number of fused-ring (bicyclic) bond motifs is 3. The number of aliphatic hydroxyl groups excluding tert-OH is 1. The number of nitrogens with one attached hydrogen (secondary N) is 1. The monoisotopic (exact) mass is 527 g/mol. The summed E-state index contributed by atoms with van der Waals surface area (Å²) in [6.07, 6.45) is -0.390. The lowest BCUT2D eigenvalue weighted by Gasteiger charge is -2.53. The van der Waals surface area contributed by atoms with Gasteiger partial charge in [-0.25, -0.2) is 0 Å². The minimum atomic E-state index is -2.48. The Balaban J connectivity index is 1.84. The quantitative estimate of drug-likeness (QED) is 0.337. The first-order valence-corrected chi connectivity index (χ1v) is 12.8. The molecule has 0 radical (unpaired) electrons. The molecule has 0 saturated heterocycles. The topological polar surface area (TPSA) is 170 Å². The summed E-state index contributed by atoms with van der Waals surface area (Å²) in [4.78, 5) is 53.9. The van der Waals surface area contributed by atoms with Crippen molar-refractivity contribution in [2.75, 3.05) is 20.6 Å². The third kappa shape index (κ3) is 4.20. The van der Waals surface area contributed by atoms with Gasteiger partial charge in [0.25, 0.3) is 0 Å². The fourth-order valence-electron chi connectivity index (χ4n) is 6.42. The molecule has 10 heteroatoms. The number of hydrogen-bond donors (Lipinski definition) is 5. The smallest absolute Gasteiger partial charge is 0.235 e. The zero-order valence-electron chi connectivity index (χ0n) is 22.6. The molecule has 0 aromatic heterocycles. The zero-order valence-corrected chi connectivity index (χ0v) is 22.6. The first kappa shape index (κ1) is 28.1. The normalized spacial score (nSPS) is 33.0. The number of nitrogens with zero attached hydrogens (tertiary/aromatic N) is 1. The number of nitrogens with two attached hydrogens (primary N) is 1. The number of phenolic OH excluding ortho intramolecular Hbond substituents is 1. The van der Waals surface area contributed by atoms with Crippen LogP contribution in [0, 0.1) is 23.2 Å². The second-order valence-electron chi connectivity index (χ2n) is 12.3.